The fourth-order valence-corrected chi connectivity index (χ4v) is 2.38. The highest BCUT2D eigenvalue weighted by Crippen LogP contribution is 2.18. The van der Waals surface area contributed by atoms with Crippen LogP contribution in [-0.2, 0) is 17.6 Å². The molecule has 1 saturated heterocycles. The Morgan fingerprint density at radius 1 is 1.53 bits per heavy atom. The van der Waals surface area contributed by atoms with Crippen LogP contribution in [0.1, 0.15) is 31.5 Å². The summed E-state index contributed by atoms with van der Waals surface area (Å²) >= 11 is 0. The van der Waals surface area contributed by atoms with E-state index in [-0.39, 0.29) is 5.92 Å². The van der Waals surface area contributed by atoms with Crippen molar-refractivity contribution < 1.29 is 4.79 Å². The molecule has 0 aliphatic carbocycles. The lowest BCUT2D eigenvalue weighted by molar-refractivity contribution is -0.122. The van der Waals surface area contributed by atoms with E-state index in [0.717, 1.165) is 25.1 Å². The minimum absolute atomic E-state index is 0.169. The lowest BCUT2D eigenvalue weighted by Crippen LogP contribution is -2.29. The van der Waals surface area contributed by atoms with Gasteiger partial charge in [0.1, 0.15) is 5.78 Å². The molecule has 1 aromatic rings. The number of ketones is 1. The summed E-state index contributed by atoms with van der Waals surface area (Å²) < 4.78 is 0. The number of nitrogens with one attached hydrogen (secondary N) is 1. The van der Waals surface area contributed by atoms with E-state index in [1.807, 2.05) is 12.3 Å². The summed E-state index contributed by atoms with van der Waals surface area (Å²) in [6, 6.07) is 4.35. The third-order valence-corrected chi connectivity index (χ3v) is 3.59. The number of hydrogen-bond donors (Lipinski definition) is 1. The fourth-order valence-electron chi connectivity index (χ4n) is 2.38. The Balaban J connectivity index is 1.97. The van der Waals surface area contributed by atoms with Gasteiger partial charge in [0.05, 0.1) is 0 Å². The Labute approximate surface area is 103 Å². The fraction of sp³-hybridized carbons (Fsp3) is 0.571. The smallest absolute Gasteiger partial charge is 0.143 e. The maximum atomic E-state index is 12.1. The number of carbonyl (C=O) groups is 1. The molecule has 1 aromatic heterocycles. The molecule has 17 heavy (non-hydrogen) atoms. The van der Waals surface area contributed by atoms with Crippen LogP contribution < -0.4 is 5.32 Å². The van der Waals surface area contributed by atoms with Crippen molar-refractivity contribution in [1.82, 2.24) is 10.3 Å². The van der Waals surface area contributed by atoms with Crippen LogP contribution in [0.15, 0.2) is 18.3 Å². The number of carbonyl (C=O) groups excluding carboxylic acids is 1. The molecule has 2 unspecified atom stereocenters. The molecule has 1 N–H and O–H groups in total. The summed E-state index contributed by atoms with van der Waals surface area (Å²) in [6.07, 6.45) is 4.30. The second-order valence-corrected chi connectivity index (χ2v) is 4.79. The number of Topliss-reactive ketones (excluding diaryl/α,β-unsaturated/α-hetero) is 1. The van der Waals surface area contributed by atoms with Gasteiger partial charge in [-0.15, -0.1) is 0 Å². The van der Waals surface area contributed by atoms with Gasteiger partial charge in [0.25, 0.3) is 0 Å². The van der Waals surface area contributed by atoms with Crippen molar-refractivity contribution in [3.8, 4) is 0 Å². The molecule has 0 spiro atoms. The van der Waals surface area contributed by atoms with Gasteiger partial charge in [0.15, 0.2) is 0 Å². The standard InChI is InChI=1S/C14H20N2O/c1-3-11-4-5-12(16-9-11)8-14(17)13-6-7-15-10(13)2/h4-5,9-10,13,15H,3,6-8H2,1-2H3. The number of hydrogen-bond acceptors (Lipinski definition) is 3. The number of pyridine rings is 1. The Morgan fingerprint density at radius 3 is 2.88 bits per heavy atom. The van der Waals surface area contributed by atoms with Gasteiger partial charge in [-0.1, -0.05) is 13.0 Å². The third-order valence-electron chi connectivity index (χ3n) is 3.59. The van der Waals surface area contributed by atoms with Crippen LogP contribution in [0.4, 0.5) is 0 Å². The van der Waals surface area contributed by atoms with Crippen LogP contribution in [0.3, 0.4) is 0 Å². The summed E-state index contributed by atoms with van der Waals surface area (Å²) in [5.74, 6) is 0.488. The molecule has 2 rings (SSSR count). The zero-order valence-electron chi connectivity index (χ0n) is 10.6. The van der Waals surface area contributed by atoms with E-state index in [1.54, 1.807) is 0 Å². The van der Waals surface area contributed by atoms with Crippen molar-refractivity contribution in [2.75, 3.05) is 6.54 Å². The first-order chi connectivity index (χ1) is 8.20. The van der Waals surface area contributed by atoms with E-state index < -0.39 is 0 Å². The number of rotatable bonds is 4. The molecule has 2 atom stereocenters. The molecule has 0 aromatic carbocycles. The van der Waals surface area contributed by atoms with E-state index in [1.165, 1.54) is 5.56 Å². The maximum Gasteiger partial charge on any atom is 0.143 e. The van der Waals surface area contributed by atoms with Gasteiger partial charge in [0.2, 0.25) is 0 Å². The Bertz CT molecular complexity index is 386. The number of aryl methyl sites for hydroxylation is 1. The summed E-state index contributed by atoms with van der Waals surface area (Å²) in [5, 5.41) is 3.31. The molecule has 2 heterocycles. The molecule has 1 aliphatic rings. The van der Waals surface area contributed by atoms with Gasteiger partial charge >= 0.3 is 0 Å². The van der Waals surface area contributed by atoms with Crippen LogP contribution in [0.5, 0.6) is 0 Å². The van der Waals surface area contributed by atoms with Gasteiger partial charge in [-0.3, -0.25) is 9.78 Å². The zero-order valence-corrected chi connectivity index (χ0v) is 10.6. The molecule has 3 heteroatoms. The van der Waals surface area contributed by atoms with Crippen molar-refractivity contribution >= 4 is 5.78 Å². The van der Waals surface area contributed by atoms with Gasteiger partial charge in [0, 0.05) is 30.3 Å². The highest BCUT2D eigenvalue weighted by Gasteiger charge is 2.29. The lowest BCUT2D eigenvalue weighted by atomic mass is 9.94. The van der Waals surface area contributed by atoms with Crippen LogP contribution in [-0.4, -0.2) is 23.4 Å². The summed E-state index contributed by atoms with van der Waals surface area (Å²) in [4.78, 5) is 16.4. The number of aromatic nitrogens is 1. The Kier molecular flexibility index (Phi) is 3.89. The Morgan fingerprint density at radius 2 is 2.35 bits per heavy atom. The van der Waals surface area contributed by atoms with Crippen LogP contribution >= 0.6 is 0 Å². The SMILES string of the molecule is CCc1ccc(CC(=O)C2CCNC2C)nc1. The van der Waals surface area contributed by atoms with E-state index in [2.05, 4.69) is 30.2 Å². The molecular formula is C14H20N2O. The van der Waals surface area contributed by atoms with Gasteiger partial charge < -0.3 is 5.32 Å². The highest BCUT2D eigenvalue weighted by atomic mass is 16.1. The quantitative estimate of drug-likeness (QED) is 0.860. The normalized spacial score (nSPS) is 23.9. The highest BCUT2D eigenvalue weighted by molar-refractivity contribution is 5.83. The Hall–Kier alpha value is -1.22. The van der Waals surface area contributed by atoms with Gasteiger partial charge in [-0.25, -0.2) is 0 Å². The first-order valence-corrected chi connectivity index (χ1v) is 6.40. The molecule has 0 radical (unpaired) electrons. The second-order valence-electron chi connectivity index (χ2n) is 4.79. The van der Waals surface area contributed by atoms with Crippen molar-refractivity contribution in [3.05, 3.63) is 29.6 Å². The van der Waals surface area contributed by atoms with E-state index in [9.17, 15) is 4.79 Å². The zero-order chi connectivity index (χ0) is 12.3. The average molecular weight is 232 g/mol. The molecular weight excluding hydrogens is 212 g/mol. The van der Waals surface area contributed by atoms with Crippen LogP contribution in [0.25, 0.3) is 0 Å². The summed E-state index contributed by atoms with van der Waals surface area (Å²) in [7, 11) is 0. The molecule has 0 bridgehead atoms. The maximum absolute atomic E-state index is 12.1. The first-order valence-electron chi connectivity index (χ1n) is 6.40. The predicted molar refractivity (Wildman–Crippen MR) is 67.9 cm³/mol. The van der Waals surface area contributed by atoms with E-state index >= 15 is 0 Å². The first kappa shape index (κ1) is 12.2. The third kappa shape index (κ3) is 2.91. The molecule has 92 valence electrons. The summed E-state index contributed by atoms with van der Waals surface area (Å²) in [6.45, 7) is 5.15. The number of nitrogens with zero attached hydrogens (tertiary/aromatic N) is 1. The van der Waals surface area contributed by atoms with Crippen LogP contribution in [0, 0.1) is 5.92 Å². The average Bonchev–Trinajstić information content (AvgIpc) is 2.76. The molecule has 0 amide bonds. The monoisotopic (exact) mass is 232 g/mol. The lowest BCUT2D eigenvalue weighted by Gasteiger charge is -2.13. The topological polar surface area (TPSA) is 42.0 Å². The summed E-state index contributed by atoms with van der Waals surface area (Å²) in [5.41, 5.74) is 2.11. The minimum atomic E-state index is 0.169. The molecule has 3 nitrogen and oxygen atoms in total. The minimum Gasteiger partial charge on any atom is -0.314 e. The van der Waals surface area contributed by atoms with E-state index in [0.29, 0.717) is 18.2 Å². The predicted octanol–water partition coefficient (Wildman–Crippen LogP) is 1.75. The molecule has 0 saturated carbocycles. The van der Waals surface area contributed by atoms with Crippen molar-refractivity contribution in [3.63, 3.8) is 0 Å². The second kappa shape index (κ2) is 5.41. The molecule has 1 aliphatic heterocycles. The van der Waals surface area contributed by atoms with Crippen molar-refractivity contribution in [1.29, 1.82) is 0 Å². The largest absolute Gasteiger partial charge is 0.314 e. The molecule has 1 fully saturated rings. The van der Waals surface area contributed by atoms with Gasteiger partial charge in [-0.2, -0.15) is 0 Å². The van der Waals surface area contributed by atoms with Crippen molar-refractivity contribution in [2.24, 2.45) is 5.92 Å². The van der Waals surface area contributed by atoms with Crippen LogP contribution in [0.2, 0.25) is 0 Å². The van der Waals surface area contributed by atoms with Gasteiger partial charge in [-0.05, 0) is 37.9 Å². The van der Waals surface area contributed by atoms with Crippen molar-refractivity contribution in [2.45, 2.75) is 39.2 Å². The van der Waals surface area contributed by atoms with E-state index in [4.69, 9.17) is 0 Å².